The number of rotatable bonds is 16. The van der Waals surface area contributed by atoms with E-state index in [1.165, 1.54) is 126 Å². The van der Waals surface area contributed by atoms with Crippen LogP contribution >= 0.6 is 11.8 Å². The first-order valence-corrected chi connectivity index (χ1v) is 24.8. The van der Waals surface area contributed by atoms with Crippen LogP contribution in [0.25, 0.3) is 22.3 Å². The molecule has 5 heteroatoms. The Kier molecular flexibility index (Phi) is 14.4. The van der Waals surface area contributed by atoms with Crippen molar-refractivity contribution in [3.8, 4) is 28.0 Å². The van der Waals surface area contributed by atoms with Crippen LogP contribution in [0.5, 0.6) is 5.75 Å². The van der Waals surface area contributed by atoms with Crippen LogP contribution in [0.4, 0.5) is 5.69 Å². The van der Waals surface area contributed by atoms with Crippen molar-refractivity contribution in [2.45, 2.75) is 146 Å². The summed E-state index contributed by atoms with van der Waals surface area (Å²) in [6, 6.07) is 31.2. The van der Waals surface area contributed by atoms with Gasteiger partial charge in [-0.15, -0.1) is 0 Å². The molecule has 5 aromatic carbocycles. The zero-order chi connectivity index (χ0) is 43.2. The van der Waals surface area contributed by atoms with Gasteiger partial charge >= 0.3 is 0 Å². The predicted octanol–water partition coefficient (Wildman–Crippen LogP) is 15.8. The third-order valence-corrected chi connectivity index (χ3v) is 15.5. The van der Waals surface area contributed by atoms with Gasteiger partial charge in [-0.3, -0.25) is 9.59 Å². The van der Waals surface area contributed by atoms with Crippen molar-refractivity contribution in [1.82, 2.24) is 0 Å². The van der Waals surface area contributed by atoms with E-state index in [2.05, 4.69) is 88.4 Å². The summed E-state index contributed by atoms with van der Waals surface area (Å²) in [4.78, 5) is 30.3. The molecule has 2 fully saturated rings. The van der Waals surface area contributed by atoms with Crippen LogP contribution in [0.2, 0.25) is 0 Å². The molecule has 2 saturated carbocycles. The molecule has 5 aromatic rings. The van der Waals surface area contributed by atoms with E-state index in [9.17, 15) is 9.59 Å². The third-order valence-electron chi connectivity index (χ3n) is 14.5. The number of anilines is 1. The molecule has 0 spiro atoms. The largest absolute Gasteiger partial charge is 0.493 e. The zero-order valence-electron chi connectivity index (χ0n) is 37.7. The van der Waals surface area contributed by atoms with Gasteiger partial charge in [0.05, 0.1) is 17.9 Å². The van der Waals surface area contributed by atoms with Gasteiger partial charge in [-0.1, -0.05) is 150 Å². The Bertz CT molecular complexity index is 2320. The van der Waals surface area contributed by atoms with E-state index in [0.29, 0.717) is 39.8 Å². The van der Waals surface area contributed by atoms with E-state index >= 15 is 0 Å². The number of carbonyl (C=O) groups is 2. The zero-order valence-corrected chi connectivity index (χ0v) is 38.5. The normalized spacial score (nSPS) is 19.9. The predicted molar refractivity (Wildman–Crippen MR) is 259 cm³/mol. The summed E-state index contributed by atoms with van der Waals surface area (Å²) in [6.45, 7) is 9.51. The quantitative estimate of drug-likeness (QED) is 0.0776. The number of ether oxygens (including phenoxy) is 1. The Balaban J connectivity index is 1.01. The van der Waals surface area contributed by atoms with E-state index in [0.717, 1.165) is 61.8 Å². The molecular formula is C57H67NO3S. The lowest BCUT2D eigenvalue weighted by Gasteiger charge is -2.29. The number of carbonyl (C=O) groups excluding carboxylic acids is 2. The molecule has 0 radical (unpaired) electrons. The van der Waals surface area contributed by atoms with Crippen LogP contribution in [-0.4, -0.2) is 18.2 Å². The summed E-state index contributed by atoms with van der Waals surface area (Å²) < 4.78 is 6.58. The Labute approximate surface area is 375 Å². The van der Waals surface area contributed by atoms with E-state index in [1.807, 2.05) is 18.2 Å². The van der Waals surface area contributed by atoms with Crippen LogP contribution in [-0.2, 0) is 0 Å². The Hall–Kier alpha value is -4.61. The Morgan fingerprint density at radius 1 is 0.581 bits per heavy atom. The average Bonchev–Trinajstić information content (AvgIpc) is 3.29. The van der Waals surface area contributed by atoms with Gasteiger partial charge in [0.1, 0.15) is 5.75 Å². The molecule has 0 saturated heterocycles. The smallest absolute Gasteiger partial charge is 0.196 e. The highest BCUT2D eigenvalue weighted by molar-refractivity contribution is 7.99. The number of hydrogen-bond donors (Lipinski definition) is 1. The summed E-state index contributed by atoms with van der Waals surface area (Å²) >= 11 is 1.52. The van der Waals surface area contributed by atoms with Crippen molar-refractivity contribution in [1.29, 1.82) is 0 Å². The molecule has 0 bridgehead atoms. The van der Waals surface area contributed by atoms with Gasteiger partial charge < -0.3 is 10.5 Å². The SMILES string of the molecule is CCCCCC1CCC(COc2c(C)cc(-c3cc(Sc4ccc(-c5ccc(C6CCC(CCCCC)CC6)cc5)cc4)c4c(c3N)C(=O)c3ccccc3C4=O)cc2C)CC1. The molecular weight excluding hydrogens is 779 g/mol. The maximum Gasteiger partial charge on any atom is 0.196 e. The average molecular weight is 846 g/mol. The number of unbranched alkanes of at least 4 members (excludes halogenated alkanes) is 4. The minimum Gasteiger partial charge on any atom is -0.493 e. The van der Waals surface area contributed by atoms with Crippen molar-refractivity contribution < 1.29 is 14.3 Å². The fourth-order valence-corrected chi connectivity index (χ4v) is 11.8. The van der Waals surface area contributed by atoms with Gasteiger partial charge in [0, 0.05) is 32.0 Å². The molecule has 0 atom stereocenters. The number of hydrogen-bond acceptors (Lipinski definition) is 5. The van der Waals surface area contributed by atoms with Gasteiger partial charge in [0.2, 0.25) is 0 Å². The topological polar surface area (TPSA) is 69.4 Å². The molecule has 4 nitrogen and oxygen atoms in total. The summed E-state index contributed by atoms with van der Waals surface area (Å²) in [5.74, 6) is 3.61. The number of nitrogens with two attached hydrogens (primary N) is 1. The van der Waals surface area contributed by atoms with Crippen LogP contribution in [0.15, 0.2) is 101 Å². The number of fused-ring (bicyclic) bond motifs is 2. The highest BCUT2D eigenvalue weighted by atomic mass is 32.2. The minimum atomic E-state index is -0.205. The van der Waals surface area contributed by atoms with Crippen molar-refractivity contribution in [3.05, 3.63) is 130 Å². The molecule has 0 amide bonds. The summed E-state index contributed by atoms with van der Waals surface area (Å²) in [5, 5.41) is 0. The second-order valence-corrected chi connectivity index (χ2v) is 20.0. The van der Waals surface area contributed by atoms with Crippen LogP contribution in [0.3, 0.4) is 0 Å². The number of ketones is 2. The van der Waals surface area contributed by atoms with Gasteiger partial charge in [-0.05, 0) is 140 Å². The first-order chi connectivity index (χ1) is 30.2. The second kappa shape index (κ2) is 20.3. The molecule has 62 heavy (non-hydrogen) atoms. The molecule has 0 aliphatic heterocycles. The van der Waals surface area contributed by atoms with Crippen molar-refractivity contribution in [3.63, 3.8) is 0 Å². The third kappa shape index (κ3) is 9.79. The van der Waals surface area contributed by atoms with E-state index in [-0.39, 0.29) is 11.6 Å². The van der Waals surface area contributed by atoms with E-state index in [1.54, 1.807) is 12.1 Å². The Morgan fingerprint density at radius 2 is 1.10 bits per heavy atom. The molecule has 0 aromatic heterocycles. The molecule has 3 aliphatic rings. The Morgan fingerprint density at radius 3 is 1.66 bits per heavy atom. The molecule has 0 unspecified atom stereocenters. The summed E-state index contributed by atoms with van der Waals surface area (Å²) in [5.41, 5.74) is 16.5. The fourth-order valence-electron chi connectivity index (χ4n) is 10.8. The molecule has 0 heterocycles. The lowest BCUT2D eigenvalue weighted by atomic mass is 9.77. The van der Waals surface area contributed by atoms with Crippen molar-refractivity contribution in [2.75, 3.05) is 12.3 Å². The lowest BCUT2D eigenvalue weighted by Crippen LogP contribution is -2.23. The molecule has 324 valence electrons. The van der Waals surface area contributed by atoms with Gasteiger partial charge in [-0.2, -0.15) is 0 Å². The van der Waals surface area contributed by atoms with Crippen LogP contribution < -0.4 is 10.5 Å². The maximum absolute atomic E-state index is 14.3. The highest BCUT2D eigenvalue weighted by Crippen LogP contribution is 2.46. The first kappa shape index (κ1) is 44.0. The van der Waals surface area contributed by atoms with E-state index in [4.69, 9.17) is 10.5 Å². The van der Waals surface area contributed by atoms with Gasteiger partial charge in [-0.25, -0.2) is 0 Å². The van der Waals surface area contributed by atoms with Crippen molar-refractivity contribution in [2.24, 2.45) is 17.8 Å². The minimum absolute atomic E-state index is 0.163. The van der Waals surface area contributed by atoms with Gasteiger partial charge in [0.15, 0.2) is 11.6 Å². The first-order valence-electron chi connectivity index (χ1n) is 24.0. The van der Waals surface area contributed by atoms with E-state index < -0.39 is 0 Å². The van der Waals surface area contributed by atoms with Crippen LogP contribution in [0, 0.1) is 31.6 Å². The maximum atomic E-state index is 14.3. The van der Waals surface area contributed by atoms with Crippen molar-refractivity contribution >= 4 is 29.0 Å². The molecule has 3 aliphatic carbocycles. The summed E-state index contributed by atoms with van der Waals surface area (Å²) in [6.07, 6.45) is 21.3. The molecule has 2 N–H and O–H groups in total. The van der Waals surface area contributed by atoms with Crippen LogP contribution in [0.1, 0.15) is 171 Å². The fraction of sp³-hybridized carbons (Fsp3) is 0.439. The second-order valence-electron chi connectivity index (χ2n) is 18.9. The monoisotopic (exact) mass is 845 g/mol. The number of benzene rings is 5. The molecule has 8 rings (SSSR count). The standard InChI is InChI=1S/C57H67NO3S/c1-5-7-9-13-39-17-19-41(20-18-39)36-61-57-37(3)33-46(34-38(57)4)50-35-51(52-53(54(50)58)56(60)49-16-12-11-15-48(49)55(52)59)62-47-31-29-45(30-32-47)44-27-25-43(26-28-44)42-23-21-40(22-24-42)14-10-8-6-2/h11-12,15-16,25-35,39-42H,5-10,13-14,17-24,36,58H2,1-4H3. The summed E-state index contributed by atoms with van der Waals surface area (Å²) in [7, 11) is 0. The lowest BCUT2D eigenvalue weighted by molar-refractivity contribution is 0.0977. The highest BCUT2D eigenvalue weighted by Gasteiger charge is 2.35. The van der Waals surface area contributed by atoms with Gasteiger partial charge in [0.25, 0.3) is 0 Å². The number of aryl methyl sites for hydroxylation is 2. The number of nitrogen functional groups attached to an aromatic ring is 1.